The number of carbonyl (C=O) groups is 1. The quantitative estimate of drug-likeness (QED) is 0.654. The van der Waals surface area contributed by atoms with Gasteiger partial charge in [-0.25, -0.2) is 0 Å². The van der Waals surface area contributed by atoms with Crippen molar-refractivity contribution in [2.24, 2.45) is 0 Å². The lowest BCUT2D eigenvalue weighted by atomic mass is 10.0. The van der Waals surface area contributed by atoms with Crippen LogP contribution in [0.5, 0.6) is 0 Å². The van der Waals surface area contributed by atoms with Crippen molar-refractivity contribution in [3.63, 3.8) is 0 Å². The summed E-state index contributed by atoms with van der Waals surface area (Å²) in [7, 11) is 0. The molecule has 0 aromatic heterocycles. The molecule has 2 fully saturated rings. The summed E-state index contributed by atoms with van der Waals surface area (Å²) >= 11 is 0. The van der Waals surface area contributed by atoms with Gasteiger partial charge in [-0.05, 0) is 44.2 Å². The molecule has 25 heavy (non-hydrogen) atoms. The van der Waals surface area contributed by atoms with Crippen LogP contribution in [0.3, 0.4) is 0 Å². The predicted octanol–water partition coefficient (Wildman–Crippen LogP) is 2.40. The van der Waals surface area contributed by atoms with E-state index in [9.17, 15) is 14.9 Å². The molecule has 0 spiro atoms. The van der Waals surface area contributed by atoms with Crippen molar-refractivity contribution in [1.82, 2.24) is 9.80 Å². The standard InChI is InChI=1S/C18H26N4O3/c1-14-12-16(22(24)25)4-5-17(14)19-15-6-10-20(11-7-15)13-18(23)21-8-2-3-9-21/h4-5,12,15,19H,2-3,6-11,13H2,1H3. The van der Waals surface area contributed by atoms with E-state index in [1.54, 1.807) is 18.2 Å². The van der Waals surface area contributed by atoms with Crippen LogP contribution in [-0.2, 0) is 4.79 Å². The maximum absolute atomic E-state index is 12.2. The fraction of sp³-hybridized carbons (Fsp3) is 0.611. The molecule has 0 saturated carbocycles. The van der Waals surface area contributed by atoms with E-state index in [1.165, 1.54) is 0 Å². The number of aryl methyl sites for hydroxylation is 1. The zero-order chi connectivity index (χ0) is 17.8. The number of nitrogens with zero attached hydrogens (tertiary/aromatic N) is 3. The lowest BCUT2D eigenvalue weighted by Crippen LogP contribution is -2.44. The molecule has 3 rings (SSSR count). The topological polar surface area (TPSA) is 78.7 Å². The highest BCUT2D eigenvalue weighted by atomic mass is 16.6. The number of hydrogen-bond acceptors (Lipinski definition) is 5. The highest BCUT2D eigenvalue weighted by Crippen LogP contribution is 2.24. The van der Waals surface area contributed by atoms with E-state index in [0.717, 1.165) is 63.1 Å². The van der Waals surface area contributed by atoms with Crippen molar-refractivity contribution in [1.29, 1.82) is 0 Å². The molecule has 1 N–H and O–H groups in total. The van der Waals surface area contributed by atoms with Crippen LogP contribution in [0, 0.1) is 17.0 Å². The van der Waals surface area contributed by atoms with Gasteiger partial charge in [0.2, 0.25) is 5.91 Å². The van der Waals surface area contributed by atoms with Gasteiger partial charge in [0.15, 0.2) is 0 Å². The number of rotatable bonds is 5. The summed E-state index contributed by atoms with van der Waals surface area (Å²) in [5.74, 6) is 0.259. The Labute approximate surface area is 148 Å². The van der Waals surface area contributed by atoms with Crippen LogP contribution in [0.15, 0.2) is 18.2 Å². The van der Waals surface area contributed by atoms with E-state index >= 15 is 0 Å². The number of anilines is 1. The second-order valence-corrected chi connectivity index (χ2v) is 7.04. The number of carbonyl (C=O) groups excluding carboxylic acids is 1. The largest absolute Gasteiger partial charge is 0.382 e. The number of nitrogens with one attached hydrogen (secondary N) is 1. The Morgan fingerprint density at radius 2 is 1.92 bits per heavy atom. The first kappa shape index (κ1) is 17.7. The van der Waals surface area contributed by atoms with E-state index in [1.807, 2.05) is 11.8 Å². The number of piperidine rings is 1. The normalized spacial score (nSPS) is 19.2. The Balaban J connectivity index is 1.47. The minimum Gasteiger partial charge on any atom is -0.382 e. The number of hydrogen-bond donors (Lipinski definition) is 1. The van der Waals surface area contributed by atoms with Crippen LogP contribution in [0.2, 0.25) is 0 Å². The number of likely N-dealkylation sites (tertiary alicyclic amines) is 2. The molecule has 0 bridgehead atoms. The summed E-state index contributed by atoms with van der Waals surface area (Å²) in [6, 6.07) is 5.28. The fourth-order valence-corrected chi connectivity index (χ4v) is 3.64. The molecule has 2 saturated heterocycles. The molecule has 0 unspecified atom stereocenters. The fourth-order valence-electron chi connectivity index (χ4n) is 3.64. The Morgan fingerprint density at radius 3 is 2.52 bits per heavy atom. The summed E-state index contributed by atoms with van der Waals surface area (Å²) in [4.78, 5) is 26.9. The maximum atomic E-state index is 12.2. The van der Waals surface area contributed by atoms with Gasteiger partial charge >= 0.3 is 0 Å². The molecule has 1 amide bonds. The Kier molecular flexibility index (Phi) is 5.53. The predicted molar refractivity (Wildman–Crippen MR) is 96.7 cm³/mol. The van der Waals surface area contributed by atoms with Crippen molar-refractivity contribution < 1.29 is 9.72 Å². The average Bonchev–Trinajstić information content (AvgIpc) is 3.13. The zero-order valence-electron chi connectivity index (χ0n) is 14.7. The highest BCUT2D eigenvalue weighted by molar-refractivity contribution is 5.78. The molecular weight excluding hydrogens is 320 g/mol. The minimum atomic E-state index is -0.368. The molecule has 136 valence electrons. The van der Waals surface area contributed by atoms with Crippen molar-refractivity contribution >= 4 is 17.3 Å². The van der Waals surface area contributed by atoms with Gasteiger partial charge in [0.05, 0.1) is 11.5 Å². The number of nitro groups is 1. The number of amides is 1. The van der Waals surface area contributed by atoms with Crippen LogP contribution < -0.4 is 5.32 Å². The molecule has 1 aromatic carbocycles. The van der Waals surface area contributed by atoms with Crippen molar-refractivity contribution in [3.8, 4) is 0 Å². The summed E-state index contributed by atoms with van der Waals surface area (Å²) in [5.41, 5.74) is 1.97. The molecule has 2 heterocycles. The van der Waals surface area contributed by atoms with E-state index in [2.05, 4.69) is 10.2 Å². The molecule has 0 aliphatic carbocycles. The monoisotopic (exact) mass is 346 g/mol. The van der Waals surface area contributed by atoms with Gasteiger partial charge in [-0.1, -0.05) is 0 Å². The number of nitro benzene ring substituents is 1. The summed E-state index contributed by atoms with van der Waals surface area (Å²) in [6.45, 7) is 6.06. The number of non-ortho nitro benzene ring substituents is 1. The van der Waals surface area contributed by atoms with Crippen molar-refractivity contribution in [2.45, 2.75) is 38.6 Å². The van der Waals surface area contributed by atoms with E-state index < -0.39 is 0 Å². The first-order valence-electron chi connectivity index (χ1n) is 9.04. The van der Waals surface area contributed by atoms with E-state index in [4.69, 9.17) is 0 Å². The smallest absolute Gasteiger partial charge is 0.269 e. The second-order valence-electron chi connectivity index (χ2n) is 7.04. The lowest BCUT2D eigenvalue weighted by molar-refractivity contribution is -0.384. The second kappa shape index (κ2) is 7.82. The SMILES string of the molecule is Cc1cc([N+](=O)[O-])ccc1NC1CCN(CC(=O)N2CCCC2)CC1. The van der Waals surface area contributed by atoms with Gasteiger partial charge < -0.3 is 10.2 Å². The van der Waals surface area contributed by atoms with E-state index in [-0.39, 0.29) is 16.5 Å². The first-order valence-corrected chi connectivity index (χ1v) is 9.04. The van der Waals surface area contributed by atoms with Gasteiger partial charge in [0.25, 0.3) is 5.69 Å². The van der Waals surface area contributed by atoms with Crippen molar-refractivity contribution in [3.05, 3.63) is 33.9 Å². The van der Waals surface area contributed by atoms with Crippen LogP contribution in [-0.4, -0.2) is 59.4 Å². The molecule has 2 aliphatic heterocycles. The van der Waals surface area contributed by atoms with Gasteiger partial charge in [0.1, 0.15) is 0 Å². The van der Waals surface area contributed by atoms with Crippen LogP contribution in [0.4, 0.5) is 11.4 Å². The average molecular weight is 346 g/mol. The van der Waals surface area contributed by atoms with Gasteiger partial charge in [-0.15, -0.1) is 0 Å². The van der Waals surface area contributed by atoms with E-state index in [0.29, 0.717) is 12.6 Å². The zero-order valence-corrected chi connectivity index (χ0v) is 14.7. The molecular formula is C18H26N4O3. The molecule has 0 atom stereocenters. The molecule has 1 aromatic rings. The lowest BCUT2D eigenvalue weighted by Gasteiger charge is -2.33. The summed E-state index contributed by atoms with van der Waals surface area (Å²) in [5, 5.41) is 14.3. The Hall–Kier alpha value is -2.15. The van der Waals surface area contributed by atoms with Gasteiger partial charge in [-0.3, -0.25) is 19.8 Å². The third kappa shape index (κ3) is 4.48. The minimum absolute atomic E-state index is 0.123. The Morgan fingerprint density at radius 1 is 1.24 bits per heavy atom. The van der Waals surface area contributed by atoms with Crippen LogP contribution in [0.25, 0.3) is 0 Å². The Bertz CT molecular complexity index is 635. The third-order valence-corrected chi connectivity index (χ3v) is 5.19. The number of benzene rings is 1. The maximum Gasteiger partial charge on any atom is 0.269 e. The van der Waals surface area contributed by atoms with Crippen LogP contribution in [0.1, 0.15) is 31.2 Å². The van der Waals surface area contributed by atoms with Gasteiger partial charge in [0, 0.05) is 50.0 Å². The summed E-state index contributed by atoms with van der Waals surface area (Å²) in [6.07, 6.45) is 4.21. The summed E-state index contributed by atoms with van der Waals surface area (Å²) < 4.78 is 0. The van der Waals surface area contributed by atoms with Gasteiger partial charge in [-0.2, -0.15) is 0 Å². The molecule has 2 aliphatic rings. The first-order chi connectivity index (χ1) is 12.0. The van der Waals surface area contributed by atoms with Crippen LogP contribution >= 0.6 is 0 Å². The molecule has 0 radical (unpaired) electrons. The van der Waals surface area contributed by atoms with Crippen molar-refractivity contribution in [2.75, 3.05) is 38.0 Å². The highest BCUT2D eigenvalue weighted by Gasteiger charge is 2.24. The molecule has 7 heteroatoms. The third-order valence-electron chi connectivity index (χ3n) is 5.19. The molecule has 7 nitrogen and oxygen atoms in total.